The van der Waals surface area contributed by atoms with E-state index in [1.54, 1.807) is 0 Å². The van der Waals surface area contributed by atoms with Gasteiger partial charge < -0.3 is 10.5 Å². The minimum atomic E-state index is -0.277. The monoisotopic (exact) mass is 207 g/mol. The van der Waals surface area contributed by atoms with Gasteiger partial charge in [-0.05, 0) is 18.8 Å². The van der Waals surface area contributed by atoms with Gasteiger partial charge in [0.05, 0.1) is 13.2 Å². The van der Waals surface area contributed by atoms with Crippen molar-refractivity contribution < 1.29 is 9.53 Å². The van der Waals surface area contributed by atoms with Gasteiger partial charge in [0.1, 0.15) is 0 Å². The van der Waals surface area contributed by atoms with E-state index in [4.69, 9.17) is 10.5 Å². The molecular weight excluding hydrogens is 190 g/mol. The van der Waals surface area contributed by atoms with Crippen LogP contribution in [-0.4, -0.2) is 19.1 Å². The minimum Gasteiger partial charge on any atom is -0.464 e. The summed E-state index contributed by atoms with van der Waals surface area (Å²) in [6.07, 6.45) is 6.31. The summed E-state index contributed by atoms with van der Waals surface area (Å²) in [7, 11) is 0. The van der Waals surface area contributed by atoms with E-state index in [1.807, 2.05) is 0 Å². The van der Waals surface area contributed by atoms with E-state index in [0.717, 1.165) is 0 Å². The maximum absolute atomic E-state index is 10.7. The first-order valence-corrected chi connectivity index (χ1v) is 4.68. The highest BCUT2D eigenvalue weighted by Crippen LogP contribution is 2.23. The second-order valence-electron chi connectivity index (χ2n) is 3.39. The van der Waals surface area contributed by atoms with Crippen LogP contribution in [0.1, 0.15) is 32.1 Å². The summed E-state index contributed by atoms with van der Waals surface area (Å²) in [5, 5.41) is 0. The van der Waals surface area contributed by atoms with Crippen LogP contribution in [0.15, 0.2) is 0 Å². The zero-order valence-electron chi connectivity index (χ0n) is 7.83. The van der Waals surface area contributed by atoms with Crippen LogP contribution in [0.25, 0.3) is 0 Å². The summed E-state index contributed by atoms with van der Waals surface area (Å²) in [6.45, 7) is 0.586. The van der Waals surface area contributed by atoms with Crippen molar-refractivity contribution in [2.45, 2.75) is 32.1 Å². The van der Waals surface area contributed by atoms with Crippen LogP contribution in [0, 0.1) is 5.92 Å². The molecule has 0 amide bonds. The molecule has 0 heterocycles. The van der Waals surface area contributed by atoms with Crippen molar-refractivity contribution in [2.75, 3.05) is 13.2 Å². The number of hydrogen-bond acceptors (Lipinski definition) is 3. The Morgan fingerprint density at radius 2 is 1.92 bits per heavy atom. The third-order valence-electron chi connectivity index (χ3n) is 2.37. The Morgan fingerprint density at radius 1 is 1.31 bits per heavy atom. The summed E-state index contributed by atoms with van der Waals surface area (Å²) in [4.78, 5) is 10.7. The molecule has 1 rings (SSSR count). The van der Waals surface area contributed by atoms with Gasteiger partial charge in [-0.3, -0.25) is 4.79 Å². The number of esters is 1. The number of nitrogens with two attached hydrogens (primary N) is 1. The Kier molecular flexibility index (Phi) is 7.00. The lowest BCUT2D eigenvalue weighted by Crippen LogP contribution is -2.21. The van der Waals surface area contributed by atoms with Gasteiger partial charge in [0, 0.05) is 0 Å². The number of rotatable bonds is 3. The third-order valence-corrected chi connectivity index (χ3v) is 2.37. The van der Waals surface area contributed by atoms with Crippen LogP contribution < -0.4 is 5.73 Å². The fourth-order valence-electron chi connectivity index (χ4n) is 1.62. The molecule has 0 saturated heterocycles. The van der Waals surface area contributed by atoms with E-state index >= 15 is 0 Å². The lowest BCUT2D eigenvalue weighted by molar-refractivity contribution is -0.143. The van der Waals surface area contributed by atoms with Gasteiger partial charge in [-0.25, -0.2) is 0 Å². The van der Waals surface area contributed by atoms with E-state index < -0.39 is 0 Å². The molecule has 0 aromatic heterocycles. The zero-order valence-corrected chi connectivity index (χ0v) is 8.65. The normalized spacial score (nSPS) is 17.6. The number of hydrogen-bond donors (Lipinski definition) is 1. The van der Waals surface area contributed by atoms with E-state index in [2.05, 4.69) is 0 Å². The molecule has 1 fully saturated rings. The maximum Gasteiger partial charge on any atom is 0.319 e. The van der Waals surface area contributed by atoms with Gasteiger partial charge in [-0.15, -0.1) is 12.4 Å². The van der Waals surface area contributed by atoms with E-state index in [-0.39, 0.29) is 24.9 Å². The standard InChI is InChI=1S/C9H17NO2.ClH/c10-6-9(11)12-7-8-4-2-1-3-5-8;/h8H,1-7,10H2;1H. The molecule has 0 aliphatic heterocycles. The zero-order chi connectivity index (χ0) is 8.81. The van der Waals surface area contributed by atoms with Crippen molar-refractivity contribution in [1.82, 2.24) is 0 Å². The first-order chi connectivity index (χ1) is 5.83. The van der Waals surface area contributed by atoms with Crippen molar-refractivity contribution in [3.8, 4) is 0 Å². The molecular formula is C9H18ClNO2. The summed E-state index contributed by atoms with van der Waals surface area (Å²) in [5.74, 6) is 0.315. The molecule has 1 aliphatic carbocycles. The van der Waals surface area contributed by atoms with Crippen LogP contribution in [0.2, 0.25) is 0 Å². The molecule has 0 radical (unpaired) electrons. The number of carbonyl (C=O) groups excluding carboxylic acids is 1. The minimum absolute atomic E-state index is 0. The Labute approximate surface area is 85.4 Å². The molecule has 0 aromatic rings. The largest absolute Gasteiger partial charge is 0.464 e. The maximum atomic E-state index is 10.7. The number of halogens is 1. The fourth-order valence-corrected chi connectivity index (χ4v) is 1.62. The predicted molar refractivity (Wildman–Crippen MR) is 53.8 cm³/mol. The fraction of sp³-hybridized carbons (Fsp3) is 0.889. The Bertz CT molecular complexity index is 147. The van der Waals surface area contributed by atoms with Gasteiger partial charge in [0.2, 0.25) is 0 Å². The first-order valence-electron chi connectivity index (χ1n) is 4.68. The molecule has 0 atom stereocenters. The SMILES string of the molecule is Cl.NCC(=O)OCC1CCCCC1. The molecule has 4 heteroatoms. The van der Waals surface area contributed by atoms with E-state index in [1.165, 1.54) is 32.1 Å². The Hall–Kier alpha value is -0.280. The highest BCUT2D eigenvalue weighted by atomic mass is 35.5. The average Bonchev–Trinajstić information content (AvgIpc) is 2.16. The van der Waals surface area contributed by atoms with Crippen molar-refractivity contribution in [2.24, 2.45) is 11.7 Å². The van der Waals surface area contributed by atoms with Gasteiger partial charge in [-0.1, -0.05) is 19.3 Å². The number of carbonyl (C=O) groups is 1. The quantitative estimate of drug-likeness (QED) is 0.714. The molecule has 13 heavy (non-hydrogen) atoms. The second kappa shape index (κ2) is 7.15. The molecule has 1 saturated carbocycles. The molecule has 2 N–H and O–H groups in total. The lowest BCUT2D eigenvalue weighted by atomic mass is 9.90. The van der Waals surface area contributed by atoms with Gasteiger partial charge >= 0.3 is 5.97 Å². The second-order valence-corrected chi connectivity index (χ2v) is 3.39. The summed E-state index contributed by atoms with van der Waals surface area (Å²) in [6, 6.07) is 0. The Morgan fingerprint density at radius 3 is 2.46 bits per heavy atom. The smallest absolute Gasteiger partial charge is 0.319 e. The molecule has 0 spiro atoms. The van der Waals surface area contributed by atoms with Crippen molar-refractivity contribution in [3.05, 3.63) is 0 Å². The van der Waals surface area contributed by atoms with Crippen LogP contribution in [0.4, 0.5) is 0 Å². The predicted octanol–water partition coefficient (Wildman–Crippen LogP) is 1.49. The molecule has 0 bridgehead atoms. The summed E-state index contributed by atoms with van der Waals surface area (Å²) >= 11 is 0. The van der Waals surface area contributed by atoms with Crippen molar-refractivity contribution in [1.29, 1.82) is 0 Å². The van der Waals surface area contributed by atoms with Gasteiger partial charge in [0.25, 0.3) is 0 Å². The van der Waals surface area contributed by atoms with E-state index in [0.29, 0.717) is 12.5 Å². The highest BCUT2D eigenvalue weighted by Gasteiger charge is 2.14. The highest BCUT2D eigenvalue weighted by molar-refractivity contribution is 5.85. The number of ether oxygens (including phenoxy) is 1. The van der Waals surface area contributed by atoms with Crippen molar-refractivity contribution in [3.63, 3.8) is 0 Å². The van der Waals surface area contributed by atoms with Crippen LogP contribution >= 0.6 is 12.4 Å². The summed E-state index contributed by atoms with van der Waals surface area (Å²) < 4.78 is 4.97. The molecule has 0 unspecified atom stereocenters. The van der Waals surface area contributed by atoms with Crippen LogP contribution in [-0.2, 0) is 9.53 Å². The van der Waals surface area contributed by atoms with Gasteiger partial charge in [0.15, 0.2) is 0 Å². The molecule has 0 aromatic carbocycles. The topological polar surface area (TPSA) is 52.3 Å². The lowest BCUT2D eigenvalue weighted by Gasteiger charge is -2.20. The van der Waals surface area contributed by atoms with E-state index in [9.17, 15) is 4.79 Å². The Balaban J connectivity index is 0.00000144. The third kappa shape index (κ3) is 5.11. The van der Waals surface area contributed by atoms with Crippen molar-refractivity contribution >= 4 is 18.4 Å². The first kappa shape index (κ1) is 12.7. The molecule has 1 aliphatic rings. The van der Waals surface area contributed by atoms with Crippen LogP contribution in [0.5, 0.6) is 0 Å². The summed E-state index contributed by atoms with van der Waals surface area (Å²) in [5.41, 5.74) is 5.11. The van der Waals surface area contributed by atoms with Crippen LogP contribution in [0.3, 0.4) is 0 Å². The average molecular weight is 208 g/mol. The molecule has 78 valence electrons. The molecule has 3 nitrogen and oxygen atoms in total. The van der Waals surface area contributed by atoms with Gasteiger partial charge in [-0.2, -0.15) is 0 Å².